The molecule has 1 aliphatic heterocycles. The number of benzene rings is 2. The van der Waals surface area contributed by atoms with Crippen molar-refractivity contribution in [1.29, 1.82) is 0 Å². The average Bonchev–Trinajstić information content (AvgIpc) is 2.72. The topological polar surface area (TPSA) is 6.48 Å². The lowest BCUT2D eigenvalue weighted by molar-refractivity contribution is 0.823. The van der Waals surface area contributed by atoms with Gasteiger partial charge in [0.2, 0.25) is 0 Å². The van der Waals surface area contributed by atoms with E-state index in [1.165, 1.54) is 39.3 Å². The molecule has 1 unspecified atom stereocenters. The van der Waals surface area contributed by atoms with Crippen molar-refractivity contribution in [1.82, 2.24) is 0 Å². The van der Waals surface area contributed by atoms with Gasteiger partial charge in [0.25, 0.3) is 0 Å². The summed E-state index contributed by atoms with van der Waals surface area (Å²) in [4.78, 5) is 0. The number of rotatable bonds is 6. The third-order valence-corrected chi connectivity index (χ3v) is 12.6. The summed E-state index contributed by atoms with van der Waals surface area (Å²) in [5.41, 5.74) is 10.9. The van der Waals surface area contributed by atoms with Crippen LogP contribution in [0.25, 0.3) is 0 Å². The molecule has 1 atom stereocenters. The standard InChI is InChI=1S/C30H43IN2Si/c1-19(2)25-14-12-15-26(20(3)4)29(25)32-23(9)18-24(10)33(34(32,11)31)30-27(21(5)6)16-13-17-28(30)22(7)8/h12-22H,9H2,1-8,10-11H3. The van der Waals surface area contributed by atoms with Gasteiger partial charge in [-0.3, -0.25) is 0 Å². The molecular formula is C30H43IN2Si. The van der Waals surface area contributed by atoms with E-state index in [-0.39, 0.29) is 0 Å². The van der Waals surface area contributed by atoms with Gasteiger partial charge >= 0.3 is 5.89 Å². The van der Waals surface area contributed by atoms with Crippen LogP contribution in [0.2, 0.25) is 6.55 Å². The third kappa shape index (κ3) is 4.77. The molecule has 1 heterocycles. The maximum absolute atomic E-state index is 4.61. The van der Waals surface area contributed by atoms with Crippen LogP contribution in [0.15, 0.2) is 60.4 Å². The second-order valence-electron chi connectivity index (χ2n) is 11.0. The molecule has 0 fully saturated rings. The highest BCUT2D eigenvalue weighted by atomic mass is 127. The fraction of sp³-hybridized carbons (Fsp3) is 0.467. The number of hydrogen-bond acceptors (Lipinski definition) is 2. The van der Waals surface area contributed by atoms with Gasteiger partial charge in [-0.2, -0.15) is 0 Å². The zero-order valence-corrected chi connectivity index (χ0v) is 26.0. The first-order valence-corrected chi connectivity index (χ1v) is 18.2. The number of anilines is 2. The van der Waals surface area contributed by atoms with Crippen molar-refractivity contribution in [2.24, 2.45) is 0 Å². The summed E-state index contributed by atoms with van der Waals surface area (Å²) in [6.45, 7) is 27.9. The van der Waals surface area contributed by atoms with E-state index in [4.69, 9.17) is 0 Å². The smallest absolute Gasteiger partial charge is 0.338 e. The fourth-order valence-corrected chi connectivity index (χ4v) is 11.7. The summed E-state index contributed by atoms with van der Waals surface area (Å²) in [6, 6.07) is 13.8. The van der Waals surface area contributed by atoms with Crippen molar-refractivity contribution in [2.45, 2.75) is 92.5 Å². The van der Waals surface area contributed by atoms with Crippen LogP contribution < -0.4 is 9.13 Å². The summed E-state index contributed by atoms with van der Waals surface area (Å²) in [5, 5.41) is 0. The minimum Gasteiger partial charge on any atom is -0.346 e. The number of allylic oxidation sites excluding steroid dienone is 2. The number of nitrogens with zero attached hydrogens (tertiary/aromatic N) is 2. The zero-order valence-electron chi connectivity index (χ0n) is 22.8. The second kappa shape index (κ2) is 10.2. The SMILES string of the molecule is C=C1C=C(C)N(c2c(C(C)C)cccc2C(C)C)[Si](C)(I)N1c1c(C(C)C)cccc1C(C)C. The molecule has 2 aromatic carbocycles. The molecule has 0 amide bonds. The van der Waals surface area contributed by atoms with Crippen LogP contribution >= 0.6 is 21.8 Å². The van der Waals surface area contributed by atoms with Crippen LogP contribution in [0.1, 0.15) is 108 Å². The van der Waals surface area contributed by atoms with Gasteiger partial charge in [0.1, 0.15) is 0 Å². The number of hydrogen-bond donors (Lipinski definition) is 0. The molecular weight excluding hydrogens is 543 g/mol. The molecule has 1 aliphatic rings. The average molecular weight is 587 g/mol. The van der Waals surface area contributed by atoms with Crippen molar-refractivity contribution in [3.8, 4) is 0 Å². The quantitative estimate of drug-likeness (QED) is 0.189. The Morgan fingerprint density at radius 1 is 0.676 bits per heavy atom. The van der Waals surface area contributed by atoms with E-state index in [9.17, 15) is 0 Å². The summed E-state index contributed by atoms with van der Waals surface area (Å²) in [6.07, 6.45) is 2.30. The Hall–Kier alpha value is -1.53. The Morgan fingerprint density at radius 3 is 1.32 bits per heavy atom. The molecule has 0 radical (unpaired) electrons. The third-order valence-electron chi connectivity index (χ3n) is 6.96. The fourth-order valence-electron chi connectivity index (χ4n) is 5.32. The number of halogens is 1. The normalized spacial score (nSPS) is 19.1. The van der Waals surface area contributed by atoms with E-state index in [0.717, 1.165) is 5.70 Å². The molecule has 0 saturated carbocycles. The highest BCUT2D eigenvalue weighted by Gasteiger charge is 2.47. The lowest BCUT2D eigenvalue weighted by atomic mass is 9.92. The maximum atomic E-state index is 4.61. The largest absolute Gasteiger partial charge is 0.346 e. The van der Waals surface area contributed by atoms with Crippen LogP contribution in [-0.2, 0) is 0 Å². The van der Waals surface area contributed by atoms with Crippen molar-refractivity contribution < 1.29 is 0 Å². The van der Waals surface area contributed by atoms with Gasteiger partial charge in [-0.1, -0.05) is 120 Å². The first-order chi connectivity index (χ1) is 15.8. The summed E-state index contributed by atoms with van der Waals surface area (Å²) in [5.74, 6) is -0.505. The molecule has 2 aromatic rings. The van der Waals surface area contributed by atoms with Crippen molar-refractivity contribution in [2.75, 3.05) is 9.13 Å². The van der Waals surface area contributed by atoms with E-state index in [2.05, 4.69) is 149 Å². The second-order valence-corrected chi connectivity index (χ2v) is 19.9. The molecule has 0 aromatic heterocycles. The van der Waals surface area contributed by atoms with Crippen molar-refractivity contribution >= 4 is 39.1 Å². The van der Waals surface area contributed by atoms with Gasteiger partial charge < -0.3 is 9.13 Å². The molecule has 0 spiro atoms. The predicted octanol–water partition coefficient (Wildman–Crippen LogP) is 9.93. The van der Waals surface area contributed by atoms with Crippen LogP contribution in [0.4, 0.5) is 11.4 Å². The summed E-state index contributed by atoms with van der Waals surface area (Å²) >= 11 is 2.80. The highest BCUT2D eigenvalue weighted by Crippen LogP contribution is 2.49. The van der Waals surface area contributed by atoms with E-state index in [1.54, 1.807) is 0 Å². The van der Waals surface area contributed by atoms with Crippen molar-refractivity contribution in [3.05, 3.63) is 82.7 Å². The Kier molecular flexibility index (Phi) is 8.13. The van der Waals surface area contributed by atoms with Crippen LogP contribution in [0.5, 0.6) is 0 Å². The Labute approximate surface area is 222 Å². The van der Waals surface area contributed by atoms with Gasteiger partial charge in [0.15, 0.2) is 0 Å². The highest BCUT2D eigenvalue weighted by molar-refractivity contribution is 14.1. The minimum atomic E-state index is -2.30. The van der Waals surface area contributed by atoms with E-state index in [1.807, 2.05) is 0 Å². The van der Waals surface area contributed by atoms with E-state index < -0.39 is 5.89 Å². The van der Waals surface area contributed by atoms with Crippen LogP contribution in [0, 0.1) is 0 Å². The summed E-state index contributed by atoms with van der Waals surface area (Å²) in [7, 11) is 0. The lowest BCUT2D eigenvalue weighted by Crippen LogP contribution is -2.62. The summed E-state index contributed by atoms with van der Waals surface area (Å²) < 4.78 is 5.33. The Morgan fingerprint density at radius 2 is 1.00 bits per heavy atom. The molecule has 184 valence electrons. The lowest BCUT2D eigenvalue weighted by Gasteiger charge is -2.51. The van der Waals surface area contributed by atoms with Crippen LogP contribution in [-0.4, -0.2) is 5.89 Å². The van der Waals surface area contributed by atoms with Crippen molar-refractivity contribution in [3.63, 3.8) is 0 Å². The molecule has 0 bridgehead atoms. The Balaban J connectivity index is 2.38. The number of para-hydroxylation sites is 2. The van der Waals surface area contributed by atoms with E-state index in [0.29, 0.717) is 23.7 Å². The molecule has 0 N–H and O–H groups in total. The maximum Gasteiger partial charge on any atom is 0.338 e. The molecule has 0 saturated heterocycles. The Bertz CT molecular complexity index is 1040. The van der Waals surface area contributed by atoms with Gasteiger partial charge in [0.05, 0.1) is 0 Å². The van der Waals surface area contributed by atoms with Gasteiger partial charge in [0, 0.05) is 22.8 Å². The van der Waals surface area contributed by atoms with Crippen LogP contribution in [0.3, 0.4) is 0 Å². The molecule has 3 rings (SSSR count). The molecule has 4 heteroatoms. The molecule has 0 aliphatic carbocycles. The van der Waals surface area contributed by atoms with Gasteiger partial charge in [-0.05, 0) is 65.5 Å². The van der Waals surface area contributed by atoms with Gasteiger partial charge in [-0.25, -0.2) is 0 Å². The zero-order chi connectivity index (χ0) is 25.5. The van der Waals surface area contributed by atoms with E-state index >= 15 is 0 Å². The van der Waals surface area contributed by atoms with Gasteiger partial charge in [-0.15, -0.1) is 0 Å². The molecule has 34 heavy (non-hydrogen) atoms. The first-order valence-electron chi connectivity index (χ1n) is 12.7. The first kappa shape index (κ1) is 27.1. The predicted molar refractivity (Wildman–Crippen MR) is 163 cm³/mol. The molecule has 2 nitrogen and oxygen atoms in total. The monoisotopic (exact) mass is 586 g/mol. The minimum absolute atomic E-state index is 0.442.